The third-order valence-corrected chi connectivity index (χ3v) is 4.45. The van der Waals surface area contributed by atoms with Gasteiger partial charge in [-0.05, 0) is 12.1 Å². The van der Waals surface area contributed by atoms with Crippen LogP contribution in [0.5, 0.6) is 11.5 Å². The van der Waals surface area contributed by atoms with Crippen molar-refractivity contribution in [1.29, 1.82) is 0 Å². The first-order chi connectivity index (χ1) is 12.8. The number of nitrogens with zero attached hydrogens (tertiary/aromatic N) is 1. The second-order valence-corrected chi connectivity index (χ2v) is 7.09. The van der Waals surface area contributed by atoms with E-state index < -0.39 is 0 Å². The van der Waals surface area contributed by atoms with Gasteiger partial charge in [-0.25, -0.2) is 0 Å². The van der Waals surface area contributed by atoms with Crippen LogP contribution < -0.4 is 4.74 Å². The molecule has 0 radical (unpaired) electrons. The van der Waals surface area contributed by atoms with Crippen molar-refractivity contribution in [1.82, 2.24) is 0 Å². The minimum absolute atomic E-state index is 0.0913. The van der Waals surface area contributed by atoms with Crippen molar-refractivity contribution in [3.8, 4) is 11.5 Å². The largest absolute Gasteiger partial charge is 0.507 e. The molecule has 146 valence electrons. The van der Waals surface area contributed by atoms with Crippen LogP contribution in [0.15, 0.2) is 42.5 Å². The molecule has 0 amide bonds. The van der Waals surface area contributed by atoms with Crippen LogP contribution in [-0.4, -0.2) is 63.6 Å². The summed E-state index contributed by atoms with van der Waals surface area (Å²) in [5.41, 5.74) is 1.88. The summed E-state index contributed by atoms with van der Waals surface area (Å²) in [6.45, 7) is 1.47. The van der Waals surface area contributed by atoms with Gasteiger partial charge < -0.3 is 23.8 Å². The molecule has 0 spiro atoms. The molecule has 2 rings (SSSR count). The van der Waals surface area contributed by atoms with E-state index in [1.54, 1.807) is 38.5 Å². The summed E-state index contributed by atoms with van der Waals surface area (Å²) in [7, 11) is 8.96. The van der Waals surface area contributed by atoms with Gasteiger partial charge in [-0.2, -0.15) is 0 Å². The molecular weight excluding hydrogens is 346 g/mol. The van der Waals surface area contributed by atoms with Crippen molar-refractivity contribution in [2.75, 3.05) is 42.0 Å². The highest BCUT2D eigenvalue weighted by Gasteiger charge is 2.22. The van der Waals surface area contributed by atoms with E-state index in [1.165, 1.54) is 13.2 Å². The van der Waals surface area contributed by atoms with Gasteiger partial charge in [-0.1, -0.05) is 24.3 Å². The van der Waals surface area contributed by atoms with Gasteiger partial charge in [-0.15, -0.1) is 0 Å². The molecule has 0 aliphatic heterocycles. The molecule has 0 aromatic heterocycles. The number of benzene rings is 2. The zero-order valence-corrected chi connectivity index (χ0v) is 16.6. The molecule has 0 atom stereocenters. The highest BCUT2D eigenvalue weighted by atomic mass is 16.7. The van der Waals surface area contributed by atoms with Crippen LogP contribution in [0.25, 0.3) is 0 Å². The quantitative estimate of drug-likeness (QED) is 0.415. The third-order valence-electron chi connectivity index (χ3n) is 4.45. The van der Waals surface area contributed by atoms with Gasteiger partial charge >= 0.3 is 0 Å². The van der Waals surface area contributed by atoms with Crippen molar-refractivity contribution in [2.24, 2.45) is 0 Å². The Morgan fingerprint density at radius 3 is 2.19 bits per heavy atom. The second kappa shape index (κ2) is 8.99. The molecule has 0 saturated carbocycles. The second-order valence-electron chi connectivity index (χ2n) is 7.09. The number of carbonyl (C=O) groups excluding carboxylic acids is 1. The number of hydrogen-bond donors (Lipinski definition) is 1. The van der Waals surface area contributed by atoms with E-state index in [0.29, 0.717) is 22.3 Å². The van der Waals surface area contributed by atoms with Crippen LogP contribution in [0.1, 0.15) is 21.5 Å². The first-order valence-electron chi connectivity index (χ1n) is 8.68. The molecule has 2 aromatic carbocycles. The maximum Gasteiger partial charge on any atom is 0.207 e. The Labute approximate surface area is 160 Å². The first-order valence-corrected chi connectivity index (χ1v) is 8.68. The Balaban J connectivity index is 2.11. The SMILES string of the molecule is COc1ccc(C(=O)c2ccc(C[N+](C)(C)CC(OC)OC)cc2)c(O)c1. The molecule has 0 fully saturated rings. The summed E-state index contributed by atoms with van der Waals surface area (Å²) in [6, 6.07) is 12.1. The molecule has 6 nitrogen and oxygen atoms in total. The minimum Gasteiger partial charge on any atom is -0.507 e. The minimum atomic E-state index is -0.265. The summed E-state index contributed by atoms with van der Waals surface area (Å²) >= 11 is 0. The fourth-order valence-corrected chi connectivity index (χ4v) is 2.96. The number of quaternary nitrogens is 1. The lowest BCUT2D eigenvalue weighted by atomic mass is 10.0. The van der Waals surface area contributed by atoms with Crippen molar-refractivity contribution in [2.45, 2.75) is 12.8 Å². The Morgan fingerprint density at radius 2 is 1.67 bits per heavy atom. The summed E-state index contributed by atoms with van der Waals surface area (Å²) in [5, 5.41) is 10.1. The lowest BCUT2D eigenvalue weighted by molar-refractivity contribution is -0.909. The fraction of sp³-hybridized carbons (Fsp3) is 0.381. The van der Waals surface area contributed by atoms with E-state index >= 15 is 0 Å². The summed E-state index contributed by atoms with van der Waals surface area (Å²) in [6.07, 6.45) is -0.265. The molecule has 0 aliphatic carbocycles. The maximum atomic E-state index is 12.6. The van der Waals surface area contributed by atoms with Crippen molar-refractivity contribution in [3.05, 3.63) is 59.2 Å². The van der Waals surface area contributed by atoms with Gasteiger partial charge in [0, 0.05) is 31.4 Å². The predicted octanol–water partition coefficient (Wildman–Crippen LogP) is 2.83. The van der Waals surface area contributed by atoms with Crippen LogP contribution in [0.2, 0.25) is 0 Å². The van der Waals surface area contributed by atoms with Crippen LogP contribution in [0.3, 0.4) is 0 Å². The molecule has 0 unspecified atom stereocenters. The van der Waals surface area contributed by atoms with Crippen LogP contribution in [-0.2, 0) is 16.0 Å². The third kappa shape index (κ3) is 5.53. The highest BCUT2D eigenvalue weighted by Crippen LogP contribution is 2.26. The number of phenols is 1. The Bertz CT molecular complexity index is 767. The highest BCUT2D eigenvalue weighted by molar-refractivity contribution is 6.10. The Kier molecular flexibility index (Phi) is 6.96. The predicted molar refractivity (Wildman–Crippen MR) is 103 cm³/mol. The fourth-order valence-electron chi connectivity index (χ4n) is 2.96. The van der Waals surface area contributed by atoms with Gasteiger partial charge in [0.2, 0.25) is 6.29 Å². The lowest BCUT2D eigenvalue weighted by Gasteiger charge is -2.32. The normalized spacial score (nSPS) is 11.6. The van der Waals surface area contributed by atoms with E-state index in [4.69, 9.17) is 14.2 Å². The number of ether oxygens (including phenoxy) is 3. The number of rotatable bonds is 9. The number of phenolic OH excluding ortho intramolecular Hbond substituents is 1. The standard InChI is InChI=1S/C21H27NO5/c1-22(2,14-20(26-4)27-5)13-15-6-8-16(9-7-15)21(24)18-11-10-17(25-3)12-19(18)23/h6-12,20H,13-14H2,1-5H3/p+1. The van der Waals surface area contributed by atoms with Gasteiger partial charge in [-0.3, -0.25) is 4.79 Å². The van der Waals surface area contributed by atoms with E-state index in [2.05, 4.69) is 14.1 Å². The van der Waals surface area contributed by atoms with Crippen molar-refractivity contribution >= 4 is 5.78 Å². The average Bonchev–Trinajstić information content (AvgIpc) is 2.65. The monoisotopic (exact) mass is 374 g/mol. The van der Waals surface area contributed by atoms with Gasteiger partial charge in [0.1, 0.15) is 24.6 Å². The number of likely N-dealkylation sites (N-methyl/N-ethyl adjacent to an activating group) is 1. The summed E-state index contributed by atoms with van der Waals surface area (Å²) < 4.78 is 16.3. The van der Waals surface area contributed by atoms with Gasteiger partial charge in [0.15, 0.2) is 5.78 Å². The molecule has 0 bridgehead atoms. The van der Waals surface area contributed by atoms with E-state index in [0.717, 1.165) is 12.1 Å². The molecular formula is C21H28NO5+. The Morgan fingerprint density at radius 1 is 1.04 bits per heavy atom. The van der Waals surface area contributed by atoms with Crippen molar-refractivity contribution < 1.29 is 28.6 Å². The van der Waals surface area contributed by atoms with Crippen LogP contribution in [0.4, 0.5) is 0 Å². The zero-order chi connectivity index (χ0) is 20.0. The van der Waals surface area contributed by atoms with Gasteiger partial charge in [0.25, 0.3) is 0 Å². The van der Waals surface area contributed by atoms with E-state index in [1.807, 2.05) is 12.1 Å². The molecule has 0 heterocycles. The van der Waals surface area contributed by atoms with Crippen LogP contribution >= 0.6 is 0 Å². The van der Waals surface area contributed by atoms with Crippen molar-refractivity contribution in [3.63, 3.8) is 0 Å². The molecule has 0 aliphatic rings. The van der Waals surface area contributed by atoms with Crippen LogP contribution in [0, 0.1) is 0 Å². The Hall–Kier alpha value is -2.41. The lowest BCUT2D eigenvalue weighted by Crippen LogP contribution is -2.45. The number of ketones is 1. The van der Waals surface area contributed by atoms with E-state index in [9.17, 15) is 9.90 Å². The smallest absolute Gasteiger partial charge is 0.207 e. The topological polar surface area (TPSA) is 65.0 Å². The number of aromatic hydroxyl groups is 1. The first kappa shape index (κ1) is 20.9. The molecule has 6 heteroatoms. The maximum absolute atomic E-state index is 12.6. The zero-order valence-electron chi connectivity index (χ0n) is 16.6. The number of carbonyl (C=O) groups is 1. The molecule has 2 aromatic rings. The summed E-state index contributed by atoms with van der Waals surface area (Å²) in [5.74, 6) is 0.186. The molecule has 27 heavy (non-hydrogen) atoms. The molecule has 0 saturated heterocycles. The number of methoxy groups -OCH3 is 3. The van der Waals surface area contributed by atoms with E-state index in [-0.39, 0.29) is 23.4 Å². The molecule has 1 N–H and O–H groups in total. The average molecular weight is 374 g/mol. The summed E-state index contributed by atoms with van der Waals surface area (Å²) in [4.78, 5) is 12.6. The number of hydrogen-bond acceptors (Lipinski definition) is 5. The van der Waals surface area contributed by atoms with Gasteiger partial charge in [0.05, 0.1) is 26.8 Å².